The van der Waals surface area contributed by atoms with Gasteiger partial charge < -0.3 is 14.8 Å². The lowest BCUT2D eigenvalue weighted by Gasteiger charge is -2.22. The van der Waals surface area contributed by atoms with Crippen LogP contribution in [0.5, 0.6) is 0 Å². The van der Waals surface area contributed by atoms with E-state index in [-0.39, 0.29) is 12.5 Å². The van der Waals surface area contributed by atoms with Crippen molar-refractivity contribution in [2.24, 2.45) is 0 Å². The van der Waals surface area contributed by atoms with Crippen LogP contribution in [0.4, 0.5) is 0 Å². The molecule has 4 nitrogen and oxygen atoms in total. The molecule has 2 heterocycles. The topological polar surface area (TPSA) is 62.5 Å². The second-order valence-corrected chi connectivity index (χ2v) is 6.76. The molecule has 1 atom stereocenters. The number of thiophene rings is 1. The summed E-state index contributed by atoms with van der Waals surface area (Å²) in [5.74, 6) is -0.0102. The highest BCUT2D eigenvalue weighted by Crippen LogP contribution is 2.28. The molecule has 3 rings (SSSR count). The molecule has 2 aromatic heterocycles. The number of hydrogen-bond acceptors (Lipinski definition) is 4. The van der Waals surface area contributed by atoms with Gasteiger partial charge in [-0.05, 0) is 48.7 Å². The first-order valence-electron chi connectivity index (χ1n) is 7.42. The molecular weight excluding hydrogens is 310 g/mol. The molecule has 3 aromatic rings. The van der Waals surface area contributed by atoms with Crippen LogP contribution in [0.15, 0.2) is 39.4 Å². The van der Waals surface area contributed by atoms with E-state index in [0.29, 0.717) is 5.76 Å². The number of para-hydroxylation sites is 1. The quantitative estimate of drug-likeness (QED) is 0.766. The first-order valence-corrected chi connectivity index (χ1v) is 8.36. The number of furan rings is 1. The van der Waals surface area contributed by atoms with Gasteiger partial charge in [-0.15, -0.1) is 0 Å². The van der Waals surface area contributed by atoms with Crippen molar-refractivity contribution in [2.45, 2.75) is 26.4 Å². The second kappa shape index (κ2) is 5.83. The van der Waals surface area contributed by atoms with E-state index < -0.39 is 5.60 Å². The van der Waals surface area contributed by atoms with Gasteiger partial charge in [0.25, 0.3) is 5.91 Å². The summed E-state index contributed by atoms with van der Waals surface area (Å²) in [5.41, 5.74) is 2.23. The van der Waals surface area contributed by atoms with Gasteiger partial charge in [0.1, 0.15) is 11.2 Å². The van der Waals surface area contributed by atoms with Crippen LogP contribution in [0.2, 0.25) is 0 Å². The SMILES string of the molecule is Cc1c(C(=O)NCC(C)(O)c2ccsc2)oc2c(C)cccc12. The predicted octanol–water partition coefficient (Wildman–Crippen LogP) is 3.75. The van der Waals surface area contributed by atoms with Crippen LogP contribution in [-0.2, 0) is 5.60 Å². The Labute approximate surface area is 138 Å². The van der Waals surface area contributed by atoms with Gasteiger partial charge in [0, 0.05) is 10.9 Å². The second-order valence-electron chi connectivity index (χ2n) is 5.98. The van der Waals surface area contributed by atoms with Crippen LogP contribution in [0.25, 0.3) is 11.0 Å². The van der Waals surface area contributed by atoms with E-state index in [1.54, 1.807) is 6.92 Å². The van der Waals surface area contributed by atoms with E-state index in [1.165, 1.54) is 11.3 Å². The third kappa shape index (κ3) is 2.90. The molecule has 1 aromatic carbocycles. The number of hydrogen-bond donors (Lipinski definition) is 2. The van der Waals surface area contributed by atoms with Gasteiger partial charge >= 0.3 is 0 Å². The number of aliphatic hydroxyl groups is 1. The minimum atomic E-state index is -1.11. The van der Waals surface area contributed by atoms with Crippen molar-refractivity contribution in [3.8, 4) is 0 Å². The maximum Gasteiger partial charge on any atom is 0.287 e. The van der Waals surface area contributed by atoms with Crippen LogP contribution in [0.1, 0.15) is 34.2 Å². The summed E-state index contributed by atoms with van der Waals surface area (Å²) in [6, 6.07) is 7.70. The smallest absolute Gasteiger partial charge is 0.287 e. The summed E-state index contributed by atoms with van der Waals surface area (Å²) in [6.45, 7) is 5.63. The zero-order valence-electron chi connectivity index (χ0n) is 13.3. The Morgan fingerprint density at radius 3 is 2.78 bits per heavy atom. The van der Waals surface area contributed by atoms with Crippen molar-refractivity contribution in [1.82, 2.24) is 5.32 Å². The minimum Gasteiger partial charge on any atom is -0.450 e. The zero-order valence-corrected chi connectivity index (χ0v) is 14.2. The molecule has 0 bridgehead atoms. The normalized spacial score (nSPS) is 13.9. The molecule has 0 aliphatic carbocycles. The number of rotatable bonds is 4. The Morgan fingerprint density at radius 1 is 1.35 bits per heavy atom. The molecule has 0 aliphatic rings. The standard InChI is InChI=1S/C18H19NO3S/c1-11-5-4-6-14-12(2)16(22-15(11)14)17(20)19-10-18(3,21)13-7-8-23-9-13/h4-9,21H,10H2,1-3H3,(H,19,20). The highest BCUT2D eigenvalue weighted by atomic mass is 32.1. The molecule has 1 unspecified atom stereocenters. The van der Waals surface area contributed by atoms with Crippen molar-refractivity contribution >= 4 is 28.2 Å². The first kappa shape index (κ1) is 15.8. The van der Waals surface area contributed by atoms with Gasteiger partial charge in [0.15, 0.2) is 5.76 Å². The minimum absolute atomic E-state index is 0.123. The maximum absolute atomic E-state index is 12.4. The van der Waals surface area contributed by atoms with Crippen LogP contribution < -0.4 is 5.32 Å². The first-order chi connectivity index (χ1) is 10.9. The Kier molecular flexibility index (Phi) is 4.00. The molecule has 0 saturated carbocycles. The van der Waals surface area contributed by atoms with Crippen LogP contribution >= 0.6 is 11.3 Å². The van der Waals surface area contributed by atoms with Crippen LogP contribution in [-0.4, -0.2) is 17.6 Å². The number of carbonyl (C=O) groups is 1. The van der Waals surface area contributed by atoms with Gasteiger partial charge in [-0.1, -0.05) is 18.2 Å². The predicted molar refractivity (Wildman–Crippen MR) is 91.9 cm³/mol. The number of fused-ring (bicyclic) bond motifs is 1. The third-order valence-electron chi connectivity index (χ3n) is 4.10. The Hall–Kier alpha value is -2.11. The van der Waals surface area contributed by atoms with E-state index >= 15 is 0 Å². The number of benzene rings is 1. The Balaban J connectivity index is 1.82. The summed E-state index contributed by atoms with van der Waals surface area (Å²) in [6.07, 6.45) is 0. The molecule has 5 heteroatoms. The highest BCUT2D eigenvalue weighted by molar-refractivity contribution is 7.08. The van der Waals surface area contributed by atoms with Crippen molar-refractivity contribution in [2.75, 3.05) is 6.54 Å². The van der Waals surface area contributed by atoms with E-state index in [9.17, 15) is 9.90 Å². The number of nitrogens with one attached hydrogen (secondary N) is 1. The van der Waals surface area contributed by atoms with Gasteiger partial charge in [-0.2, -0.15) is 11.3 Å². The summed E-state index contributed by atoms with van der Waals surface area (Å²) >= 11 is 1.51. The van der Waals surface area contributed by atoms with E-state index in [1.807, 2.05) is 48.9 Å². The van der Waals surface area contributed by atoms with Crippen LogP contribution in [0, 0.1) is 13.8 Å². The van der Waals surface area contributed by atoms with Crippen molar-refractivity contribution in [3.63, 3.8) is 0 Å². The van der Waals surface area contributed by atoms with Crippen molar-refractivity contribution in [3.05, 3.63) is 57.5 Å². The average Bonchev–Trinajstić information content (AvgIpc) is 3.15. The monoisotopic (exact) mass is 329 g/mol. The molecule has 0 saturated heterocycles. The van der Waals surface area contributed by atoms with Crippen molar-refractivity contribution in [1.29, 1.82) is 0 Å². The molecule has 0 aliphatic heterocycles. The van der Waals surface area contributed by atoms with Gasteiger partial charge in [-0.3, -0.25) is 4.79 Å². The lowest BCUT2D eigenvalue weighted by molar-refractivity contribution is 0.0522. The lowest BCUT2D eigenvalue weighted by Crippen LogP contribution is -2.38. The molecule has 0 fully saturated rings. The Morgan fingerprint density at radius 2 is 2.13 bits per heavy atom. The summed E-state index contributed by atoms with van der Waals surface area (Å²) in [7, 11) is 0. The average molecular weight is 329 g/mol. The fourth-order valence-corrected chi connectivity index (χ4v) is 3.39. The lowest BCUT2D eigenvalue weighted by atomic mass is 9.99. The van der Waals surface area contributed by atoms with Crippen LogP contribution in [0.3, 0.4) is 0 Å². The van der Waals surface area contributed by atoms with Crippen molar-refractivity contribution < 1.29 is 14.3 Å². The zero-order chi connectivity index (χ0) is 16.6. The maximum atomic E-state index is 12.4. The number of carbonyl (C=O) groups excluding carboxylic acids is 1. The molecule has 0 spiro atoms. The highest BCUT2D eigenvalue weighted by Gasteiger charge is 2.26. The summed E-state index contributed by atoms with van der Waals surface area (Å²) < 4.78 is 5.76. The molecule has 120 valence electrons. The van der Waals surface area contributed by atoms with Gasteiger partial charge in [-0.25, -0.2) is 0 Å². The third-order valence-corrected chi connectivity index (χ3v) is 4.79. The van der Waals surface area contributed by atoms with E-state index in [2.05, 4.69) is 5.32 Å². The fraction of sp³-hybridized carbons (Fsp3) is 0.278. The number of amides is 1. The van der Waals surface area contributed by atoms with E-state index in [4.69, 9.17) is 4.42 Å². The fourth-order valence-electron chi connectivity index (χ4n) is 2.61. The molecule has 1 amide bonds. The summed E-state index contributed by atoms with van der Waals surface area (Å²) in [5, 5.41) is 18.0. The van der Waals surface area contributed by atoms with E-state index in [0.717, 1.165) is 27.7 Å². The molecule has 0 radical (unpaired) electrons. The molecule has 2 N–H and O–H groups in total. The summed E-state index contributed by atoms with van der Waals surface area (Å²) in [4.78, 5) is 12.4. The largest absolute Gasteiger partial charge is 0.450 e. The Bertz CT molecular complexity index is 847. The molecule has 23 heavy (non-hydrogen) atoms. The van der Waals surface area contributed by atoms with Gasteiger partial charge in [0.2, 0.25) is 0 Å². The number of aryl methyl sites for hydroxylation is 2. The molecular formula is C18H19NO3S. The van der Waals surface area contributed by atoms with Gasteiger partial charge in [0.05, 0.1) is 6.54 Å².